The van der Waals surface area contributed by atoms with E-state index in [4.69, 9.17) is 0 Å². The van der Waals surface area contributed by atoms with Crippen LogP contribution in [0, 0.1) is 5.92 Å². The number of rotatable bonds is 1. The fourth-order valence-corrected chi connectivity index (χ4v) is 0. The number of carbonyl (C=O) groups is 1. The van der Waals surface area contributed by atoms with E-state index in [0.29, 0.717) is 0 Å². The molecule has 0 aliphatic heterocycles. The van der Waals surface area contributed by atoms with Crippen molar-refractivity contribution in [2.24, 2.45) is 5.92 Å². The molecule has 0 aromatic heterocycles. The minimum atomic E-state index is -0.991. The minimum Gasteiger partial charge on any atom is -0.550 e. The van der Waals surface area contributed by atoms with Gasteiger partial charge in [0.25, 0.3) is 0 Å². The Morgan fingerprint density at radius 3 is 1.71 bits per heavy atom. The van der Waals surface area contributed by atoms with E-state index >= 15 is 0 Å². The van der Waals surface area contributed by atoms with E-state index in [1.165, 1.54) is 0 Å². The van der Waals surface area contributed by atoms with E-state index in [-0.39, 0.29) is 24.8 Å². The average molecular weight is 94.0 g/mol. The van der Waals surface area contributed by atoms with Crippen LogP contribution in [-0.4, -0.2) is 5.97 Å². The first kappa shape index (κ1) is 10.1. The van der Waals surface area contributed by atoms with Crippen LogP contribution in [0.4, 0.5) is 0 Å². The van der Waals surface area contributed by atoms with Crippen LogP contribution in [0.15, 0.2) is 0 Å². The molecule has 0 spiro atoms. The number of hydrogen-bond donors (Lipinski definition) is 0. The normalized spacial score (nSPS) is 7.86. The zero-order valence-electron chi connectivity index (χ0n) is 4.89. The van der Waals surface area contributed by atoms with Gasteiger partial charge in [0.2, 0.25) is 0 Å². The number of carboxylic acid groups (broad SMARTS) is 1. The van der Waals surface area contributed by atoms with E-state index in [2.05, 4.69) is 0 Å². The van der Waals surface area contributed by atoms with Gasteiger partial charge < -0.3 is 9.90 Å². The maximum absolute atomic E-state index is 9.59. The van der Waals surface area contributed by atoms with Gasteiger partial charge in [-0.1, -0.05) is 13.8 Å². The predicted octanol–water partition coefficient (Wildman–Crippen LogP) is -3.60. The number of aliphatic carboxylic acids is 1. The molecule has 0 amide bonds. The van der Waals surface area contributed by atoms with Gasteiger partial charge in [0.05, 0.1) is 0 Å². The number of hydrogen-bond acceptors (Lipinski definition) is 2. The van der Waals surface area contributed by atoms with Gasteiger partial charge in [0.15, 0.2) is 0 Å². The van der Waals surface area contributed by atoms with Crippen molar-refractivity contribution in [3.05, 3.63) is 0 Å². The monoisotopic (exact) mass is 94.1 g/mol. The Labute approximate surface area is 55.1 Å². The van der Waals surface area contributed by atoms with Crippen LogP contribution in [-0.2, 0) is 4.79 Å². The van der Waals surface area contributed by atoms with Crippen molar-refractivity contribution in [2.75, 3.05) is 0 Å². The molecule has 0 rings (SSSR count). The van der Waals surface area contributed by atoms with Crippen LogP contribution in [0.3, 0.4) is 0 Å². The molecule has 0 aromatic carbocycles. The van der Waals surface area contributed by atoms with E-state index in [9.17, 15) is 9.90 Å². The molecule has 0 heterocycles. The zero-order chi connectivity index (χ0) is 5.15. The molecule has 0 saturated carbocycles. The Hall–Kier alpha value is 0.0674. The maximum atomic E-state index is 9.59. The molecule has 0 bridgehead atoms. The third kappa shape index (κ3) is 6.07. The third-order valence-electron chi connectivity index (χ3n) is 0.471. The summed E-state index contributed by atoms with van der Waals surface area (Å²) >= 11 is 0. The number of carbonyl (C=O) groups excluding carboxylic acids is 1. The summed E-state index contributed by atoms with van der Waals surface area (Å²) < 4.78 is 0. The average Bonchev–Trinajstić information content (AvgIpc) is 1.36. The molecule has 7 heavy (non-hydrogen) atoms. The summed E-state index contributed by atoms with van der Waals surface area (Å²) in [6.45, 7) is 3.16. The second-order valence-corrected chi connectivity index (χ2v) is 1.47. The van der Waals surface area contributed by atoms with Crippen LogP contribution < -0.4 is 24.0 Å². The van der Waals surface area contributed by atoms with Crippen LogP contribution in [0.25, 0.3) is 0 Å². The fourth-order valence-electron chi connectivity index (χ4n) is 0. The maximum Gasteiger partial charge on any atom is 1.00 e. The summed E-state index contributed by atoms with van der Waals surface area (Å²) in [5.74, 6) is -1.33. The van der Waals surface area contributed by atoms with Gasteiger partial charge in [-0.15, -0.1) is 0 Å². The Morgan fingerprint density at radius 2 is 1.71 bits per heavy atom. The zero-order valence-corrected chi connectivity index (χ0v) is 4.89. The first-order chi connectivity index (χ1) is 2.64. The molecular formula is C4H7LiO2. The van der Waals surface area contributed by atoms with Crippen LogP contribution >= 0.6 is 0 Å². The second kappa shape index (κ2) is 4.23. The Kier molecular flexibility index (Phi) is 6.13. The van der Waals surface area contributed by atoms with Gasteiger partial charge in [-0.25, -0.2) is 0 Å². The molecule has 0 N–H and O–H groups in total. The molecule has 0 aliphatic rings. The van der Waals surface area contributed by atoms with Crippen LogP contribution in [0.5, 0.6) is 0 Å². The molecule has 0 atom stereocenters. The van der Waals surface area contributed by atoms with Crippen molar-refractivity contribution in [2.45, 2.75) is 13.8 Å². The fraction of sp³-hybridized carbons (Fsp3) is 0.750. The van der Waals surface area contributed by atoms with Crippen LogP contribution in [0.2, 0.25) is 0 Å². The standard InChI is InChI=1S/C4H8O2.Li/c1-3(2)4(5)6;/h3H,1-2H3,(H,5,6);/q;+1/p-1. The van der Waals surface area contributed by atoms with Crippen LogP contribution in [0.1, 0.15) is 13.8 Å². The molecule has 0 aliphatic carbocycles. The molecular weight excluding hydrogens is 87.0 g/mol. The number of carboxylic acids is 1. The van der Waals surface area contributed by atoms with Gasteiger partial charge in [0, 0.05) is 5.97 Å². The van der Waals surface area contributed by atoms with Crippen molar-refractivity contribution in [3.8, 4) is 0 Å². The smallest absolute Gasteiger partial charge is 0.550 e. The summed E-state index contributed by atoms with van der Waals surface area (Å²) in [6, 6.07) is 0. The summed E-state index contributed by atoms with van der Waals surface area (Å²) in [6.07, 6.45) is 0. The van der Waals surface area contributed by atoms with Crippen molar-refractivity contribution >= 4 is 5.97 Å². The molecule has 0 aromatic rings. The summed E-state index contributed by atoms with van der Waals surface area (Å²) in [4.78, 5) is 9.59. The molecule has 0 saturated heterocycles. The molecule has 3 heteroatoms. The summed E-state index contributed by atoms with van der Waals surface area (Å²) in [7, 11) is 0. The Morgan fingerprint density at radius 1 is 1.57 bits per heavy atom. The SMILES string of the molecule is CC(C)C(=O)[O-].[Li+]. The van der Waals surface area contributed by atoms with Crippen molar-refractivity contribution < 1.29 is 28.8 Å². The topological polar surface area (TPSA) is 40.1 Å². The minimum absolute atomic E-state index is 0. The largest absolute Gasteiger partial charge is 1.00 e. The molecule has 2 nitrogen and oxygen atoms in total. The summed E-state index contributed by atoms with van der Waals surface area (Å²) in [5.41, 5.74) is 0. The van der Waals surface area contributed by atoms with E-state index in [1.807, 2.05) is 0 Å². The second-order valence-electron chi connectivity index (χ2n) is 1.47. The van der Waals surface area contributed by atoms with Gasteiger partial charge in [-0.2, -0.15) is 0 Å². The van der Waals surface area contributed by atoms with Gasteiger partial charge in [0.1, 0.15) is 0 Å². The van der Waals surface area contributed by atoms with Crippen molar-refractivity contribution in [3.63, 3.8) is 0 Å². The van der Waals surface area contributed by atoms with E-state index < -0.39 is 5.97 Å². The predicted molar refractivity (Wildman–Crippen MR) is 19.8 cm³/mol. The molecule has 0 radical (unpaired) electrons. The van der Waals surface area contributed by atoms with E-state index in [0.717, 1.165) is 0 Å². The summed E-state index contributed by atoms with van der Waals surface area (Å²) in [5, 5.41) is 9.59. The first-order valence-corrected chi connectivity index (χ1v) is 1.85. The van der Waals surface area contributed by atoms with Gasteiger partial charge >= 0.3 is 18.9 Å². The van der Waals surface area contributed by atoms with Gasteiger partial charge in [-0.05, 0) is 5.92 Å². The Balaban J connectivity index is 0. The molecule has 36 valence electrons. The van der Waals surface area contributed by atoms with Crippen molar-refractivity contribution in [1.82, 2.24) is 0 Å². The molecule has 0 fully saturated rings. The Bertz CT molecular complexity index is 60.7. The molecule has 0 unspecified atom stereocenters. The third-order valence-corrected chi connectivity index (χ3v) is 0.471. The first-order valence-electron chi connectivity index (χ1n) is 1.85. The quantitative estimate of drug-likeness (QED) is 0.315. The van der Waals surface area contributed by atoms with Crippen molar-refractivity contribution in [1.29, 1.82) is 0 Å². The van der Waals surface area contributed by atoms with E-state index in [1.54, 1.807) is 13.8 Å². The van der Waals surface area contributed by atoms with Gasteiger partial charge in [-0.3, -0.25) is 0 Å².